The van der Waals surface area contributed by atoms with Gasteiger partial charge in [-0.1, -0.05) is 449 Å². The Morgan fingerprint density at radius 2 is 0.427 bits per heavy atom. The Morgan fingerprint density at radius 3 is 0.560 bits per heavy atom. The van der Waals surface area contributed by atoms with Crippen LogP contribution in [0.2, 0.25) is 0 Å². The highest BCUT2D eigenvalue weighted by Crippen LogP contribution is 2.60. The number of benzene rings is 4. The third kappa shape index (κ3) is 36.4. The topological polar surface area (TPSA) is 179 Å². The molecule has 150 heavy (non-hydrogen) atoms. The first kappa shape index (κ1) is 125. The monoisotopic (exact) mass is 2100 g/mol. The molecule has 1 saturated carbocycles. The number of nitriles is 1. The predicted octanol–water partition coefficient (Wildman–Crippen LogP) is 33.2. The quantitative estimate of drug-likeness (QED) is 0.0285. The summed E-state index contributed by atoms with van der Waals surface area (Å²) >= 11 is 3.59. The van der Waals surface area contributed by atoms with Crippen LogP contribution in [0.25, 0.3) is 0 Å². The van der Waals surface area contributed by atoms with Crippen molar-refractivity contribution < 1.29 is 58.3 Å². The minimum atomic E-state index is -1.29. The molecule has 810 valence electrons. The second-order valence-electron chi connectivity index (χ2n) is 51.8. The fourth-order valence-electron chi connectivity index (χ4n) is 18.3. The van der Waals surface area contributed by atoms with Gasteiger partial charge in [-0.15, -0.1) is 0 Å². The number of nitrogens with zero attached hydrogens (tertiary/aromatic N) is 1. The van der Waals surface area contributed by atoms with Gasteiger partial charge >= 0.3 is 0 Å². The van der Waals surface area contributed by atoms with E-state index in [1.807, 2.05) is 0 Å². The molecule has 0 unspecified atom stereocenters. The van der Waals surface area contributed by atoms with Crippen LogP contribution in [0.4, 0.5) is 0 Å². The van der Waals surface area contributed by atoms with Crippen LogP contribution in [0.3, 0.4) is 0 Å². The Bertz CT molecular complexity index is 5510. The standard InChI is InChI=1S/C128H168O12.C6H11Br.C2H3N/c1-37-41-45-49-53-93-101-77-103-94(54-50-46-42-38-2)105-79-107-96(56-52-48-44-40-4)108-80-106-95(55-51-47-43-39-3)104-78-102(93)110-98(62-58-86(118(8,9)10)74-90(122(20,21)22)66-70-126(31,32)130)112(104)136-83-138-114(106)100(64-60-88(120(14,15)16)76-92(124(26,27)28)68-72-128(35,36)132)116(108)140-84-139-115(107)99(63-59-87(119(11,12)13)75-91(123(23,24)25)67-71-127(33,34)131)113(105)137-82-135-111(103)97(109(101)133-81-134-110)61-57-85(117(5,6)7)73-89(121(17,18)19)65-69-125(29,30)129;7-6-4-2-1-3-5-6;1-2-3/h77-80,93-96,129-132H,37-56,81-84H2,1-36H3;6H,1-5H2;1H3. The Hall–Kier alpha value is -10.4. The van der Waals surface area contributed by atoms with E-state index >= 15 is 0 Å². The van der Waals surface area contributed by atoms with Crippen molar-refractivity contribution in [3.63, 3.8) is 0 Å². The molecule has 2 aliphatic carbocycles. The molecule has 4 aromatic carbocycles. The third-order valence-corrected chi connectivity index (χ3v) is 27.8. The summed E-state index contributed by atoms with van der Waals surface area (Å²) in [6.45, 7) is 74.0. The number of unbranched alkanes of at least 4 members (excludes halogenated alkanes) is 12. The van der Waals surface area contributed by atoms with Crippen LogP contribution in [0.5, 0.6) is 46.0 Å². The number of alkyl halides is 1. The molecular formula is C136H182BrNO12. The van der Waals surface area contributed by atoms with E-state index in [4.69, 9.17) is 43.2 Å². The summed E-state index contributed by atoms with van der Waals surface area (Å²) in [5.41, 5.74) is 20.4. The zero-order chi connectivity index (χ0) is 112. The molecule has 4 N–H and O–H groups in total. The minimum Gasteiger partial charge on any atom is -0.456 e. The van der Waals surface area contributed by atoms with Gasteiger partial charge < -0.3 is 58.3 Å². The molecule has 4 aromatic rings. The molecule has 6 aliphatic rings. The van der Waals surface area contributed by atoms with E-state index in [-0.39, 0.29) is 27.2 Å². The Balaban J connectivity index is 0.00000259. The lowest BCUT2D eigenvalue weighted by Crippen LogP contribution is -2.25. The molecule has 8 bridgehead atoms. The van der Waals surface area contributed by atoms with Crippen molar-refractivity contribution in [1.82, 2.24) is 0 Å². The summed E-state index contributed by atoms with van der Waals surface area (Å²) in [4.78, 5) is 0.848. The van der Waals surface area contributed by atoms with Gasteiger partial charge in [0.1, 0.15) is 90.7 Å². The second-order valence-corrected chi connectivity index (χ2v) is 53.1. The summed E-state index contributed by atoms with van der Waals surface area (Å²) in [6, 6.07) is 11.4. The van der Waals surface area contributed by atoms with Gasteiger partial charge in [0.15, 0.2) is 0 Å². The van der Waals surface area contributed by atoms with Crippen LogP contribution >= 0.6 is 15.9 Å². The van der Waals surface area contributed by atoms with E-state index in [2.05, 4.69) is 352 Å². The first-order chi connectivity index (χ1) is 69.7. The normalized spacial score (nSPS) is 16.0. The second kappa shape index (κ2) is 53.0. The van der Waals surface area contributed by atoms with E-state index in [1.165, 1.54) is 39.0 Å². The number of halogens is 1. The van der Waals surface area contributed by atoms with E-state index in [9.17, 15) is 20.4 Å². The van der Waals surface area contributed by atoms with Crippen LogP contribution in [0.15, 0.2) is 91.8 Å². The lowest BCUT2D eigenvalue weighted by atomic mass is 9.74. The predicted molar refractivity (Wildman–Crippen MR) is 621 cm³/mol. The molecule has 1 fully saturated rings. The number of allylic oxidation sites excluding steroid dienone is 4. The smallest absolute Gasteiger partial charge is 0.231 e. The molecule has 0 radical (unpaired) electrons. The van der Waals surface area contributed by atoms with Crippen LogP contribution in [0.1, 0.15) is 507 Å². The molecular weight excluding hydrogens is 1920 g/mol. The van der Waals surface area contributed by atoms with Crippen LogP contribution in [0, 0.1) is 149 Å². The van der Waals surface area contributed by atoms with Crippen molar-refractivity contribution in [2.24, 2.45) is 43.3 Å². The lowest BCUT2D eigenvalue weighted by Gasteiger charge is -2.36. The average Bonchev–Trinajstić information content (AvgIpc) is 0.716. The maximum atomic E-state index is 11.2. The number of hydrogen-bond donors (Lipinski definition) is 4. The first-order valence-electron chi connectivity index (χ1n) is 55.7. The molecule has 4 aliphatic heterocycles. The number of aliphatic hydroxyl groups is 4. The largest absolute Gasteiger partial charge is 0.456 e. The van der Waals surface area contributed by atoms with Gasteiger partial charge in [0.05, 0.1) is 50.7 Å². The molecule has 0 aromatic heterocycles. The van der Waals surface area contributed by atoms with E-state index < -0.39 is 89.4 Å². The van der Waals surface area contributed by atoms with Crippen molar-refractivity contribution in [3.05, 3.63) is 159 Å². The minimum absolute atomic E-state index is 0.303. The van der Waals surface area contributed by atoms with Crippen molar-refractivity contribution in [1.29, 1.82) is 5.26 Å². The van der Waals surface area contributed by atoms with E-state index in [0.717, 1.165) is 152 Å². The molecule has 13 nitrogen and oxygen atoms in total. The van der Waals surface area contributed by atoms with E-state index in [1.54, 1.807) is 61.5 Å². The van der Waals surface area contributed by atoms with Gasteiger partial charge in [0, 0.05) is 123 Å². The fraction of sp³-hybridized carbons (Fsp3) is 0.610. The zero-order valence-corrected chi connectivity index (χ0v) is 101. The molecule has 0 spiro atoms. The SMILES string of the molecule is BrC1CCCCC1.CC#N.CCCCCCC1c2cc3c4c(C#CC(=C=C(C#CC(C)(C)O)C(C)(C)C)C(C)(C)C)c2OCOc2c1cc1c(c2C#CC(=C=C(C#CC(C)(C)O)C(C)(C)C)C(C)(C)C)OCOc2c(cc5c(c2C#CC(=C=C(C#CC(C)(C)O)C(C)(C)C)C(C)(C)C)OCOc2c(cc(c(c2C#CC(=C=C(C#CC(C)(C)O)C(C)(C)C)C(C)(C)C)OCO4)C3CCCCCC)C5CCCCCC)C1CCCCCC. The van der Waals surface area contributed by atoms with Gasteiger partial charge in [0.2, 0.25) is 27.2 Å². The summed E-state index contributed by atoms with van der Waals surface area (Å²) in [5, 5.41) is 52.3. The van der Waals surface area contributed by atoms with Gasteiger partial charge in [-0.25, -0.2) is 0 Å². The van der Waals surface area contributed by atoms with Gasteiger partial charge in [-0.3, -0.25) is 0 Å². The number of ether oxygens (including phenoxy) is 8. The van der Waals surface area contributed by atoms with Gasteiger partial charge in [-0.2, -0.15) is 5.26 Å². The molecule has 14 heteroatoms. The highest BCUT2D eigenvalue weighted by Gasteiger charge is 2.43. The fourth-order valence-corrected chi connectivity index (χ4v) is 18.9. The van der Waals surface area contributed by atoms with Crippen LogP contribution < -0.4 is 37.9 Å². The molecule has 0 saturated heterocycles. The highest BCUT2D eigenvalue weighted by atomic mass is 79.9. The maximum Gasteiger partial charge on any atom is 0.231 e. The molecule has 10 rings (SSSR count). The Labute approximate surface area is 916 Å². The van der Waals surface area contributed by atoms with Crippen LogP contribution in [-0.4, -0.2) is 74.8 Å². The molecule has 0 atom stereocenters. The maximum absolute atomic E-state index is 11.2. The van der Waals surface area contributed by atoms with Crippen LogP contribution in [-0.2, 0) is 0 Å². The Kier molecular flexibility index (Phi) is 44.1. The Morgan fingerprint density at radius 1 is 0.267 bits per heavy atom. The van der Waals surface area contributed by atoms with E-state index in [0.29, 0.717) is 139 Å². The van der Waals surface area contributed by atoms with Crippen molar-refractivity contribution in [2.75, 3.05) is 27.2 Å². The molecule has 0 amide bonds. The summed E-state index contributed by atoms with van der Waals surface area (Å²) < 4.78 is 60.9. The summed E-state index contributed by atoms with van der Waals surface area (Å²) in [5.74, 6) is 59.0. The van der Waals surface area contributed by atoms with Gasteiger partial charge in [-0.05, 0) is 118 Å². The number of rotatable bonds is 20. The van der Waals surface area contributed by atoms with Crippen molar-refractivity contribution >= 4 is 15.9 Å². The average molecular weight is 2100 g/mol. The third-order valence-electron chi connectivity index (χ3n) is 26.9. The van der Waals surface area contributed by atoms with Crippen molar-refractivity contribution in [2.45, 2.75) is 468 Å². The lowest BCUT2D eigenvalue weighted by molar-refractivity contribution is 0.0972. The summed E-state index contributed by atoms with van der Waals surface area (Å²) in [6.07, 6.45) is 24.7. The highest BCUT2D eigenvalue weighted by molar-refractivity contribution is 9.09. The number of hydrogen-bond acceptors (Lipinski definition) is 13. The summed E-state index contributed by atoms with van der Waals surface area (Å²) in [7, 11) is 0. The first-order valence-corrected chi connectivity index (χ1v) is 56.6. The van der Waals surface area contributed by atoms with Gasteiger partial charge in [0.25, 0.3) is 0 Å². The molecule has 4 heterocycles. The zero-order valence-electron chi connectivity index (χ0n) is 99.1. The van der Waals surface area contributed by atoms with Crippen molar-refractivity contribution in [3.8, 4) is 147 Å².